The molecule has 1 aromatic heterocycles. The van der Waals surface area contributed by atoms with Crippen molar-refractivity contribution in [2.24, 2.45) is 10.1 Å². The zero-order valence-electron chi connectivity index (χ0n) is 16.5. The Morgan fingerprint density at radius 3 is 2.72 bits per heavy atom. The number of aromatic nitrogens is 1. The number of benzene rings is 2. The molecule has 2 heterocycles. The number of para-hydroxylation sites is 2. The number of halogens is 1. The molecular formula is C22H24BrN4O2+. The zero-order valence-corrected chi connectivity index (χ0v) is 18.1. The Morgan fingerprint density at radius 1 is 1.14 bits per heavy atom. The van der Waals surface area contributed by atoms with Crippen LogP contribution in [0.15, 0.2) is 57.1 Å². The zero-order chi connectivity index (χ0) is 20.4. The summed E-state index contributed by atoms with van der Waals surface area (Å²) in [6.07, 6.45) is 0. The van der Waals surface area contributed by atoms with Crippen LogP contribution in [0.25, 0.3) is 10.9 Å². The molecule has 0 saturated carbocycles. The molecule has 0 saturated heterocycles. The lowest BCUT2D eigenvalue weighted by atomic mass is 10.0. The van der Waals surface area contributed by atoms with Crippen molar-refractivity contribution in [1.29, 1.82) is 0 Å². The predicted molar refractivity (Wildman–Crippen MR) is 120 cm³/mol. The Morgan fingerprint density at radius 2 is 1.93 bits per heavy atom. The number of oxime groups is 1. The maximum Gasteiger partial charge on any atom is 0.199 e. The molecule has 150 valence electrons. The molecular weight excluding hydrogens is 432 g/mol. The molecule has 0 atom stereocenters. The molecule has 3 N–H and O–H groups in total. The van der Waals surface area contributed by atoms with E-state index in [-0.39, 0.29) is 5.88 Å². The number of fused-ring (bicyclic) bond motifs is 2. The van der Waals surface area contributed by atoms with E-state index in [9.17, 15) is 5.11 Å². The molecule has 0 spiro atoms. The monoisotopic (exact) mass is 455 g/mol. The fourth-order valence-corrected chi connectivity index (χ4v) is 4.12. The number of rotatable bonds is 7. The van der Waals surface area contributed by atoms with Crippen LogP contribution in [0, 0.1) is 0 Å². The highest BCUT2D eigenvalue weighted by Gasteiger charge is 2.29. The highest BCUT2D eigenvalue weighted by molar-refractivity contribution is 9.10. The van der Waals surface area contributed by atoms with Gasteiger partial charge in [-0.1, -0.05) is 35.5 Å². The first-order chi connectivity index (χ1) is 14.1. The molecule has 0 amide bonds. The van der Waals surface area contributed by atoms with Crippen LogP contribution in [0.4, 0.5) is 5.69 Å². The fraction of sp³-hybridized carbons (Fsp3) is 0.273. The minimum Gasteiger partial charge on any atom is -0.494 e. The Kier molecular flexibility index (Phi) is 5.69. The number of likely N-dealkylation sites (N-methyl/N-ethyl adjacent to an activating group) is 1. The molecule has 2 aromatic carbocycles. The van der Waals surface area contributed by atoms with Gasteiger partial charge in [0.1, 0.15) is 18.0 Å². The average Bonchev–Trinajstić information content (AvgIpc) is 3.26. The van der Waals surface area contributed by atoms with Gasteiger partial charge in [0.2, 0.25) is 0 Å². The van der Waals surface area contributed by atoms with Crippen LogP contribution in [-0.2, 0) is 4.84 Å². The van der Waals surface area contributed by atoms with Crippen molar-refractivity contribution < 1.29 is 14.8 Å². The van der Waals surface area contributed by atoms with Crippen molar-refractivity contribution in [3.8, 4) is 5.88 Å². The first kappa shape index (κ1) is 19.7. The highest BCUT2D eigenvalue weighted by atomic mass is 79.9. The Hall–Kier alpha value is -2.64. The summed E-state index contributed by atoms with van der Waals surface area (Å²) < 4.78 is 0.879. The minimum absolute atomic E-state index is 0.0683. The van der Waals surface area contributed by atoms with Crippen molar-refractivity contribution in [2.75, 3.05) is 26.2 Å². The maximum atomic E-state index is 10.7. The van der Waals surface area contributed by atoms with E-state index in [0.717, 1.165) is 46.3 Å². The summed E-state index contributed by atoms with van der Waals surface area (Å²) in [7, 11) is 0. The normalized spacial score (nSPS) is 14.6. The number of aromatic hydroxyl groups is 1. The molecule has 0 bridgehead atoms. The SMILES string of the molecule is CC[NH+](CC)CCO/N=C1/C(c2c(O)[nH]c3c(Br)cccc23)=Nc2ccccc21. The number of aliphatic imine (C=N–C) groups is 1. The van der Waals surface area contributed by atoms with Gasteiger partial charge in [-0.25, -0.2) is 4.99 Å². The van der Waals surface area contributed by atoms with E-state index >= 15 is 0 Å². The smallest absolute Gasteiger partial charge is 0.199 e. The largest absolute Gasteiger partial charge is 0.494 e. The van der Waals surface area contributed by atoms with E-state index in [1.54, 1.807) is 0 Å². The summed E-state index contributed by atoms with van der Waals surface area (Å²) in [4.78, 5) is 15.0. The summed E-state index contributed by atoms with van der Waals surface area (Å²) in [6.45, 7) is 7.87. The van der Waals surface area contributed by atoms with Gasteiger partial charge in [0.15, 0.2) is 12.5 Å². The number of H-pyrrole nitrogens is 1. The maximum absolute atomic E-state index is 10.7. The topological polar surface area (TPSA) is 74.4 Å². The molecule has 7 heteroatoms. The Balaban J connectivity index is 1.72. The summed E-state index contributed by atoms with van der Waals surface area (Å²) in [5, 5.41) is 16.0. The van der Waals surface area contributed by atoms with Gasteiger partial charge >= 0.3 is 0 Å². The summed E-state index contributed by atoms with van der Waals surface area (Å²) >= 11 is 3.54. The van der Waals surface area contributed by atoms with Crippen LogP contribution in [0.2, 0.25) is 0 Å². The second-order valence-electron chi connectivity index (χ2n) is 6.97. The van der Waals surface area contributed by atoms with Gasteiger partial charge < -0.3 is 19.8 Å². The van der Waals surface area contributed by atoms with Gasteiger partial charge in [-0.15, -0.1) is 0 Å². The first-order valence-corrected chi connectivity index (χ1v) is 10.6. The van der Waals surface area contributed by atoms with Gasteiger partial charge in [-0.3, -0.25) is 0 Å². The third-order valence-corrected chi connectivity index (χ3v) is 5.98. The van der Waals surface area contributed by atoms with Crippen LogP contribution in [-0.4, -0.2) is 47.8 Å². The van der Waals surface area contributed by atoms with E-state index in [1.165, 1.54) is 4.90 Å². The van der Waals surface area contributed by atoms with Gasteiger partial charge in [0, 0.05) is 15.4 Å². The number of nitrogens with zero attached hydrogens (tertiary/aromatic N) is 2. The lowest BCUT2D eigenvalue weighted by molar-refractivity contribution is -0.896. The third-order valence-electron chi connectivity index (χ3n) is 5.32. The van der Waals surface area contributed by atoms with E-state index in [1.807, 2.05) is 42.5 Å². The first-order valence-electron chi connectivity index (χ1n) is 9.85. The van der Waals surface area contributed by atoms with Crippen molar-refractivity contribution >= 4 is 43.9 Å². The molecule has 1 aliphatic heterocycles. The molecule has 1 aliphatic rings. The quantitative estimate of drug-likeness (QED) is 0.377. The number of hydrogen-bond acceptors (Lipinski definition) is 4. The van der Waals surface area contributed by atoms with Gasteiger partial charge in [-0.05, 0) is 41.9 Å². The van der Waals surface area contributed by atoms with E-state index in [0.29, 0.717) is 23.6 Å². The van der Waals surface area contributed by atoms with Gasteiger partial charge in [0.05, 0.1) is 29.9 Å². The molecule has 0 aliphatic carbocycles. The standard InChI is InChI=1S/C22H23BrN4O2/c1-3-27(4-2)12-13-29-26-20-14-8-5-6-11-17(14)24-21(20)18-15-9-7-10-16(23)19(15)25-22(18)28/h5-11,25,28H,3-4,12-13H2,1-2H3/p+1/b26-20+. The molecule has 4 rings (SSSR count). The van der Waals surface area contributed by atoms with E-state index in [2.05, 4.69) is 39.9 Å². The van der Waals surface area contributed by atoms with Crippen LogP contribution < -0.4 is 4.90 Å². The number of nitrogens with one attached hydrogen (secondary N) is 2. The summed E-state index contributed by atoms with van der Waals surface area (Å²) in [6, 6.07) is 13.6. The molecule has 0 fully saturated rings. The van der Waals surface area contributed by atoms with Crippen molar-refractivity contribution in [2.45, 2.75) is 13.8 Å². The lowest BCUT2D eigenvalue weighted by Crippen LogP contribution is -3.11. The lowest BCUT2D eigenvalue weighted by Gasteiger charge is -2.14. The van der Waals surface area contributed by atoms with Crippen LogP contribution in [0.5, 0.6) is 5.88 Å². The number of aromatic amines is 1. The van der Waals surface area contributed by atoms with Gasteiger partial charge in [0.25, 0.3) is 0 Å². The third kappa shape index (κ3) is 3.68. The van der Waals surface area contributed by atoms with E-state index < -0.39 is 0 Å². The number of quaternary nitrogens is 1. The molecule has 0 radical (unpaired) electrons. The summed E-state index contributed by atoms with van der Waals surface area (Å²) in [5.74, 6) is 0.0683. The second-order valence-corrected chi connectivity index (χ2v) is 7.82. The Bertz CT molecular complexity index is 1100. The molecule has 29 heavy (non-hydrogen) atoms. The van der Waals surface area contributed by atoms with Crippen LogP contribution >= 0.6 is 15.9 Å². The van der Waals surface area contributed by atoms with Crippen molar-refractivity contribution in [3.05, 3.63) is 58.1 Å². The van der Waals surface area contributed by atoms with Crippen LogP contribution in [0.3, 0.4) is 0 Å². The van der Waals surface area contributed by atoms with Crippen molar-refractivity contribution in [1.82, 2.24) is 4.98 Å². The molecule has 3 aromatic rings. The van der Waals surface area contributed by atoms with E-state index in [4.69, 9.17) is 9.83 Å². The molecule has 6 nitrogen and oxygen atoms in total. The summed E-state index contributed by atoms with van der Waals surface area (Å²) in [5.41, 5.74) is 4.44. The second kappa shape index (κ2) is 8.39. The van der Waals surface area contributed by atoms with Crippen molar-refractivity contribution in [3.63, 3.8) is 0 Å². The Labute approximate surface area is 178 Å². The number of hydrogen-bond donors (Lipinski definition) is 3. The minimum atomic E-state index is 0.0683. The fourth-order valence-electron chi connectivity index (χ4n) is 3.65. The average molecular weight is 456 g/mol. The molecule has 0 unspecified atom stereocenters. The van der Waals surface area contributed by atoms with Gasteiger partial charge in [-0.2, -0.15) is 0 Å². The highest BCUT2D eigenvalue weighted by Crippen LogP contribution is 2.37. The predicted octanol–water partition coefficient (Wildman–Crippen LogP) is 3.42. The van der Waals surface area contributed by atoms with Crippen LogP contribution in [0.1, 0.15) is 25.0 Å².